The number of aromatic nitrogens is 1. The predicted molar refractivity (Wildman–Crippen MR) is 88.8 cm³/mol. The number of nitrogens with zero attached hydrogens (tertiary/aromatic N) is 1. The largest absolute Gasteiger partial charge is 0.452 e. The first kappa shape index (κ1) is 16.4. The Hall–Kier alpha value is -2.48. The van der Waals surface area contributed by atoms with Crippen molar-refractivity contribution in [2.75, 3.05) is 6.61 Å². The summed E-state index contributed by atoms with van der Waals surface area (Å²) in [7, 11) is 0. The van der Waals surface area contributed by atoms with Gasteiger partial charge in [0.1, 0.15) is 0 Å². The molecule has 126 valence electrons. The van der Waals surface area contributed by atoms with Gasteiger partial charge < -0.3 is 10.1 Å². The second-order valence-corrected chi connectivity index (χ2v) is 6.50. The molecule has 1 aromatic heterocycles. The van der Waals surface area contributed by atoms with E-state index in [0.29, 0.717) is 5.56 Å². The highest BCUT2D eigenvalue weighted by Crippen LogP contribution is 2.19. The molecule has 0 radical (unpaired) electrons. The van der Waals surface area contributed by atoms with Crippen LogP contribution in [0, 0.1) is 0 Å². The monoisotopic (exact) mass is 347 g/mol. The lowest BCUT2D eigenvalue weighted by molar-refractivity contribution is -0.123. The van der Waals surface area contributed by atoms with Crippen molar-refractivity contribution in [1.82, 2.24) is 15.6 Å². The smallest absolute Gasteiger partial charge is 0.338 e. The lowest BCUT2D eigenvalue weighted by Crippen LogP contribution is -2.44. The minimum atomic E-state index is -0.655. The summed E-state index contributed by atoms with van der Waals surface area (Å²) in [5.41, 5.74) is 2.84. The van der Waals surface area contributed by atoms with E-state index in [1.807, 2.05) is 0 Å². The highest BCUT2D eigenvalue weighted by molar-refractivity contribution is 7.16. The highest BCUT2D eigenvalue weighted by atomic mass is 32.1. The summed E-state index contributed by atoms with van der Waals surface area (Å²) in [5, 5.41) is 4.89. The van der Waals surface area contributed by atoms with E-state index in [-0.39, 0.29) is 6.04 Å². The van der Waals surface area contributed by atoms with Crippen LogP contribution in [0.4, 0.5) is 4.79 Å². The van der Waals surface area contributed by atoms with E-state index >= 15 is 0 Å². The molecule has 1 aliphatic carbocycles. The maximum Gasteiger partial charge on any atom is 0.338 e. The molecule has 24 heavy (non-hydrogen) atoms. The Kier molecular flexibility index (Phi) is 5.05. The zero-order valence-electron chi connectivity index (χ0n) is 12.9. The Morgan fingerprint density at radius 2 is 2.04 bits per heavy atom. The molecule has 0 atom stereocenters. The molecule has 0 saturated heterocycles. The first-order chi connectivity index (χ1) is 11.6. The van der Waals surface area contributed by atoms with E-state index in [4.69, 9.17) is 4.74 Å². The third-order valence-electron chi connectivity index (χ3n) is 3.84. The number of rotatable bonds is 4. The van der Waals surface area contributed by atoms with Crippen LogP contribution in [-0.4, -0.2) is 35.5 Å². The molecule has 2 aromatic rings. The molecule has 2 N–H and O–H groups in total. The van der Waals surface area contributed by atoms with Gasteiger partial charge in [0, 0.05) is 6.04 Å². The number of urea groups is 1. The lowest BCUT2D eigenvalue weighted by atomic mass is 10.2. The van der Waals surface area contributed by atoms with E-state index < -0.39 is 24.5 Å². The van der Waals surface area contributed by atoms with Crippen LogP contribution in [0.3, 0.4) is 0 Å². The highest BCUT2D eigenvalue weighted by Gasteiger charge is 2.19. The topological polar surface area (TPSA) is 97.4 Å². The Morgan fingerprint density at radius 3 is 2.83 bits per heavy atom. The molecular weight excluding hydrogens is 330 g/mol. The number of imide groups is 1. The van der Waals surface area contributed by atoms with Crippen molar-refractivity contribution < 1.29 is 19.1 Å². The molecule has 0 bridgehead atoms. The first-order valence-corrected chi connectivity index (χ1v) is 8.60. The van der Waals surface area contributed by atoms with Gasteiger partial charge in [-0.1, -0.05) is 12.8 Å². The van der Waals surface area contributed by atoms with Gasteiger partial charge >= 0.3 is 12.0 Å². The Morgan fingerprint density at radius 1 is 1.25 bits per heavy atom. The molecule has 0 spiro atoms. The van der Waals surface area contributed by atoms with Crippen molar-refractivity contribution in [3.05, 3.63) is 29.3 Å². The van der Waals surface area contributed by atoms with E-state index in [2.05, 4.69) is 15.6 Å². The molecule has 0 aliphatic heterocycles. The van der Waals surface area contributed by atoms with Crippen molar-refractivity contribution in [3.63, 3.8) is 0 Å². The van der Waals surface area contributed by atoms with Crippen LogP contribution in [-0.2, 0) is 9.53 Å². The predicted octanol–water partition coefficient (Wildman–Crippen LogP) is 2.22. The quantitative estimate of drug-likeness (QED) is 0.827. The normalized spacial score (nSPS) is 14.5. The average Bonchev–Trinajstić information content (AvgIpc) is 3.22. The van der Waals surface area contributed by atoms with Crippen LogP contribution < -0.4 is 10.6 Å². The molecular formula is C16H17N3O4S. The molecule has 1 heterocycles. The maximum atomic E-state index is 12.0. The van der Waals surface area contributed by atoms with Gasteiger partial charge in [0.05, 0.1) is 21.3 Å². The van der Waals surface area contributed by atoms with Crippen molar-refractivity contribution >= 4 is 39.5 Å². The van der Waals surface area contributed by atoms with Gasteiger partial charge in [0.25, 0.3) is 5.91 Å². The summed E-state index contributed by atoms with van der Waals surface area (Å²) in [6.45, 7) is -0.502. The van der Waals surface area contributed by atoms with E-state index in [9.17, 15) is 14.4 Å². The second kappa shape index (κ2) is 7.39. The fourth-order valence-corrected chi connectivity index (χ4v) is 3.37. The minimum absolute atomic E-state index is 0.117. The Bertz CT molecular complexity index is 768. The number of esters is 1. The van der Waals surface area contributed by atoms with Crippen molar-refractivity contribution in [3.8, 4) is 0 Å². The van der Waals surface area contributed by atoms with Crippen LogP contribution in [0.1, 0.15) is 36.0 Å². The number of benzene rings is 1. The van der Waals surface area contributed by atoms with Gasteiger partial charge in [-0.3, -0.25) is 10.1 Å². The van der Waals surface area contributed by atoms with Crippen LogP contribution in [0.5, 0.6) is 0 Å². The van der Waals surface area contributed by atoms with Gasteiger partial charge in [-0.25, -0.2) is 14.6 Å². The number of fused-ring (bicyclic) bond motifs is 1. The third kappa shape index (κ3) is 4.08. The van der Waals surface area contributed by atoms with Crippen molar-refractivity contribution in [2.24, 2.45) is 0 Å². The number of amides is 3. The van der Waals surface area contributed by atoms with E-state index in [1.165, 1.54) is 11.3 Å². The summed E-state index contributed by atoms with van der Waals surface area (Å²) in [5.74, 6) is -1.27. The van der Waals surface area contributed by atoms with Gasteiger partial charge in [-0.05, 0) is 31.0 Å². The van der Waals surface area contributed by atoms with Crippen LogP contribution >= 0.6 is 11.3 Å². The number of hydrogen-bond acceptors (Lipinski definition) is 6. The summed E-state index contributed by atoms with van der Waals surface area (Å²) in [6, 6.07) is 4.55. The average molecular weight is 347 g/mol. The fourth-order valence-electron chi connectivity index (χ4n) is 2.65. The van der Waals surface area contributed by atoms with Crippen molar-refractivity contribution in [1.29, 1.82) is 0 Å². The molecule has 3 rings (SSSR count). The number of thiazole rings is 1. The van der Waals surface area contributed by atoms with Crippen molar-refractivity contribution in [2.45, 2.75) is 31.7 Å². The molecule has 1 saturated carbocycles. The molecule has 8 heteroatoms. The summed E-state index contributed by atoms with van der Waals surface area (Å²) >= 11 is 1.42. The number of nitrogens with one attached hydrogen (secondary N) is 2. The fraction of sp³-hybridized carbons (Fsp3) is 0.375. The summed E-state index contributed by atoms with van der Waals surface area (Å²) in [6.07, 6.45) is 4.02. The van der Waals surface area contributed by atoms with Gasteiger partial charge in [0.2, 0.25) is 0 Å². The SMILES string of the molecule is O=C(COC(=O)c1ccc2ncsc2c1)NC(=O)NC1CCCC1. The van der Waals surface area contributed by atoms with E-state index in [1.54, 1.807) is 23.7 Å². The number of hydrogen-bond donors (Lipinski definition) is 2. The lowest BCUT2D eigenvalue weighted by Gasteiger charge is -2.12. The second-order valence-electron chi connectivity index (χ2n) is 5.61. The minimum Gasteiger partial charge on any atom is -0.452 e. The summed E-state index contributed by atoms with van der Waals surface area (Å²) in [4.78, 5) is 39.4. The summed E-state index contributed by atoms with van der Waals surface area (Å²) < 4.78 is 5.81. The first-order valence-electron chi connectivity index (χ1n) is 7.72. The molecule has 3 amide bonds. The number of ether oxygens (including phenoxy) is 1. The standard InChI is InChI=1S/C16H17N3O4S/c20-14(19-16(22)18-11-3-1-2-4-11)8-23-15(21)10-5-6-12-13(7-10)24-9-17-12/h5-7,9,11H,1-4,8H2,(H2,18,19,20,22). The van der Waals surface area contributed by atoms with E-state index in [0.717, 1.165) is 35.9 Å². The van der Waals surface area contributed by atoms with Crippen LogP contribution in [0.25, 0.3) is 10.2 Å². The molecule has 1 aromatic carbocycles. The Balaban J connectivity index is 1.46. The molecule has 1 fully saturated rings. The molecule has 0 unspecified atom stereocenters. The third-order valence-corrected chi connectivity index (χ3v) is 4.64. The van der Waals surface area contributed by atoms with Gasteiger partial charge in [0.15, 0.2) is 6.61 Å². The maximum absolute atomic E-state index is 12.0. The number of carbonyl (C=O) groups excluding carboxylic acids is 3. The van der Waals surface area contributed by atoms with Crippen LogP contribution in [0.2, 0.25) is 0 Å². The van der Waals surface area contributed by atoms with Gasteiger partial charge in [-0.2, -0.15) is 0 Å². The van der Waals surface area contributed by atoms with Gasteiger partial charge in [-0.15, -0.1) is 11.3 Å². The molecule has 7 nitrogen and oxygen atoms in total. The van der Waals surface area contributed by atoms with Crippen LogP contribution in [0.15, 0.2) is 23.7 Å². The zero-order chi connectivity index (χ0) is 16.9. The zero-order valence-corrected chi connectivity index (χ0v) is 13.7. The number of carbonyl (C=O) groups is 3. The molecule has 1 aliphatic rings. The Labute approximate surface area is 142 Å².